The Labute approximate surface area is 153 Å². The fourth-order valence-corrected chi connectivity index (χ4v) is 3.56. The summed E-state index contributed by atoms with van der Waals surface area (Å²) in [4.78, 5) is 25.9. The Morgan fingerprint density at radius 3 is 2.48 bits per heavy atom. The first-order valence-electron chi connectivity index (χ1n) is 8.26. The molecule has 0 saturated carbocycles. The van der Waals surface area contributed by atoms with E-state index in [0.29, 0.717) is 0 Å². The number of nitro benzene ring substituents is 2. The van der Waals surface area contributed by atoms with Gasteiger partial charge in [0.25, 0.3) is 5.69 Å². The van der Waals surface area contributed by atoms with E-state index in [0.717, 1.165) is 33.3 Å². The molecule has 0 aromatic heterocycles. The minimum Gasteiger partial charge on any atom is -0.451 e. The van der Waals surface area contributed by atoms with Crippen LogP contribution < -0.4 is 15.3 Å². The van der Waals surface area contributed by atoms with Crippen molar-refractivity contribution < 1.29 is 14.6 Å². The second-order valence-electron chi connectivity index (χ2n) is 6.67. The van der Waals surface area contributed by atoms with Crippen molar-refractivity contribution in [1.29, 1.82) is 0 Å². The smallest absolute Gasteiger partial charge is 0.318 e. The van der Waals surface area contributed by atoms with Crippen LogP contribution in [0.1, 0.15) is 23.6 Å². The van der Waals surface area contributed by atoms with E-state index in [1.54, 1.807) is 12.2 Å². The first-order chi connectivity index (χ1) is 12.7. The number of hydrogen-bond acceptors (Lipinski definition) is 6. The standard InChI is InChI=1S/C19H15N3O5/c1-10-4-5-15-17(11(10)2)12(3)19(20-15)7-6-13-8-14(21(23)24)9-16(22(25)26)18(13)27-19/h4-9H,1-3H3. The molecule has 27 heavy (non-hydrogen) atoms. The van der Waals surface area contributed by atoms with Crippen LogP contribution in [0.4, 0.5) is 11.4 Å². The van der Waals surface area contributed by atoms with Gasteiger partial charge in [0.2, 0.25) is 11.5 Å². The monoisotopic (exact) mass is 365 g/mol. The van der Waals surface area contributed by atoms with Gasteiger partial charge in [0, 0.05) is 22.4 Å². The second-order valence-corrected chi connectivity index (χ2v) is 6.67. The summed E-state index contributed by atoms with van der Waals surface area (Å²) in [5, 5.41) is 24.3. The van der Waals surface area contributed by atoms with Gasteiger partial charge in [-0.15, -0.1) is 0 Å². The number of hydrogen-bond donors (Lipinski definition) is 0. The van der Waals surface area contributed by atoms with E-state index in [2.05, 4.69) is 4.99 Å². The van der Waals surface area contributed by atoms with Crippen molar-refractivity contribution >= 4 is 23.0 Å². The van der Waals surface area contributed by atoms with Gasteiger partial charge in [-0.05, 0) is 50.1 Å². The minimum atomic E-state index is -1.19. The molecule has 8 heteroatoms. The molecule has 1 unspecified atom stereocenters. The molecular formula is C19H15N3O5. The molecule has 0 saturated heterocycles. The van der Waals surface area contributed by atoms with Crippen molar-refractivity contribution in [2.75, 3.05) is 0 Å². The molecule has 0 radical (unpaired) electrons. The number of nitrogens with zero attached hydrogens (tertiary/aromatic N) is 3. The van der Waals surface area contributed by atoms with Crippen LogP contribution >= 0.6 is 0 Å². The molecule has 2 aliphatic heterocycles. The van der Waals surface area contributed by atoms with Crippen LogP contribution in [-0.4, -0.2) is 15.6 Å². The van der Waals surface area contributed by atoms with E-state index in [1.165, 1.54) is 6.07 Å². The Balaban J connectivity index is 1.96. The number of non-ortho nitro benzene ring substituents is 1. The lowest BCUT2D eigenvalue weighted by Gasteiger charge is -2.29. The summed E-state index contributed by atoms with van der Waals surface area (Å²) >= 11 is 0. The number of benzene rings is 2. The van der Waals surface area contributed by atoms with Crippen LogP contribution in [0.25, 0.3) is 11.6 Å². The molecule has 0 aliphatic carbocycles. The molecule has 0 bridgehead atoms. The number of fused-ring (bicyclic) bond motifs is 2. The minimum absolute atomic E-state index is 0.0154. The lowest BCUT2D eigenvalue weighted by atomic mass is 9.96. The molecule has 4 rings (SSSR count). The highest BCUT2D eigenvalue weighted by Gasteiger charge is 2.41. The Bertz CT molecular complexity index is 1200. The largest absolute Gasteiger partial charge is 0.451 e. The van der Waals surface area contributed by atoms with Gasteiger partial charge in [-0.3, -0.25) is 20.2 Å². The van der Waals surface area contributed by atoms with E-state index in [-0.39, 0.29) is 17.0 Å². The lowest BCUT2D eigenvalue weighted by Crippen LogP contribution is -2.34. The first kappa shape index (κ1) is 16.9. The highest BCUT2D eigenvalue weighted by atomic mass is 16.6. The normalized spacial score (nSPS) is 19.3. The van der Waals surface area contributed by atoms with Crippen molar-refractivity contribution in [1.82, 2.24) is 0 Å². The van der Waals surface area contributed by atoms with Crippen molar-refractivity contribution in [2.45, 2.75) is 26.5 Å². The average Bonchev–Trinajstić information content (AvgIpc) is 2.89. The molecule has 2 aliphatic rings. The SMILES string of the molecule is CC1=c2c(C)c(C)ccc2=NC12C=Cc1cc([N+](=O)[O-])cc([N+](=O)[O-])c1O2. The maximum atomic E-state index is 11.5. The van der Waals surface area contributed by atoms with E-state index >= 15 is 0 Å². The molecule has 1 spiro atoms. The maximum Gasteiger partial charge on any atom is 0.318 e. The van der Waals surface area contributed by atoms with Crippen LogP contribution in [0, 0.1) is 34.1 Å². The third-order valence-corrected chi connectivity index (χ3v) is 5.15. The van der Waals surface area contributed by atoms with Crippen molar-refractivity contribution in [2.24, 2.45) is 4.99 Å². The summed E-state index contributed by atoms with van der Waals surface area (Å²) in [6.45, 7) is 5.89. The van der Waals surface area contributed by atoms with E-state index in [4.69, 9.17) is 4.74 Å². The van der Waals surface area contributed by atoms with Gasteiger partial charge >= 0.3 is 5.69 Å². The van der Waals surface area contributed by atoms with E-state index in [9.17, 15) is 20.2 Å². The number of nitro groups is 2. The van der Waals surface area contributed by atoms with Crippen LogP contribution in [-0.2, 0) is 0 Å². The second kappa shape index (κ2) is 5.47. The number of rotatable bonds is 2. The zero-order chi connectivity index (χ0) is 19.5. The Kier molecular flexibility index (Phi) is 3.42. The summed E-state index contributed by atoms with van der Waals surface area (Å²) in [7, 11) is 0. The molecule has 0 N–H and O–H groups in total. The topological polar surface area (TPSA) is 108 Å². The predicted octanol–water partition coefficient (Wildman–Crippen LogP) is 2.73. The molecule has 2 aromatic carbocycles. The summed E-state index contributed by atoms with van der Waals surface area (Å²) in [6.07, 6.45) is 3.28. The molecule has 2 aromatic rings. The molecule has 8 nitrogen and oxygen atoms in total. The first-order valence-corrected chi connectivity index (χ1v) is 8.26. The summed E-state index contributed by atoms with van der Waals surface area (Å²) in [5.74, 6) is -0.0154. The van der Waals surface area contributed by atoms with Gasteiger partial charge in [0.1, 0.15) is 0 Å². The molecule has 0 fully saturated rings. The highest BCUT2D eigenvalue weighted by molar-refractivity contribution is 5.75. The van der Waals surface area contributed by atoms with Crippen molar-refractivity contribution in [3.8, 4) is 5.75 Å². The van der Waals surface area contributed by atoms with E-state index in [1.807, 2.05) is 32.9 Å². The van der Waals surface area contributed by atoms with E-state index < -0.39 is 21.3 Å². The van der Waals surface area contributed by atoms with Gasteiger partial charge in [-0.25, -0.2) is 4.99 Å². The van der Waals surface area contributed by atoms with Gasteiger partial charge in [-0.1, -0.05) is 6.07 Å². The molecule has 0 amide bonds. The average molecular weight is 365 g/mol. The summed E-state index contributed by atoms with van der Waals surface area (Å²) < 4.78 is 6.04. The van der Waals surface area contributed by atoms with Crippen LogP contribution in [0.15, 0.2) is 35.3 Å². The maximum absolute atomic E-state index is 11.5. The van der Waals surface area contributed by atoms with Gasteiger partial charge in [0.05, 0.1) is 21.3 Å². The van der Waals surface area contributed by atoms with Gasteiger partial charge < -0.3 is 4.74 Å². The lowest BCUT2D eigenvalue weighted by molar-refractivity contribution is -0.394. The fraction of sp³-hybridized carbons (Fsp3) is 0.211. The quantitative estimate of drug-likeness (QED) is 0.600. The van der Waals surface area contributed by atoms with Crippen molar-refractivity contribution in [3.05, 3.63) is 77.8 Å². The third-order valence-electron chi connectivity index (χ3n) is 5.15. The van der Waals surface area contributed by atoms with Gasteiger partial charge in [0.15, 0.2) is 0 Å². The Morgan fingerprint density at radius 1 is 1.07 bits per heavy atom. The summed E-state index contributed by atoms with van der Waals surface area (Å²) in [5.41, 5.74) is 1.31. The number of ether oxygens (including phenoxy) is 1. The third kappa shape index (κ3) is 2.33. The predicted molar refractivity (Wildman–Crippen MR) is 97.9 cm³/mol. The van der Waals surface area contributed by atoms with Crippen molar-refractivity contribution in [3.63, 3.8) is 0 Å². The molecule has 136 valence electrons. The molecule has 1 atom stereocenters. The highest BCUT2D eigenvalue weighted by Crippen LogP contribution is 2.44. The summed E-state index contributed by atoms with van der Waals surface area (Å²) in [6, 6.07) is 6.04. The molecule has 2 heterocycles. The van der Waals surface area contributed by atoms with Gasteiger partial charge in [-0.2, -0.15) is 0 Å². The number of aryl methyl sites for hydroxylation is 1. The van der Waals surface area contributed by atoms with Crippen LogP contribution in [0.5, 0.6) is 5.75 Å². The fourth-order valence-electron chi connectivity index (χ4n) is 3.56. The van der Waals surface area contributed by atoms with Crippen LogP contribution in [0.2, 0.25) is 0 Å². The Morgan fingerprint density at radius 2 is 1.81 bits per heavy atom. The van der Waals surface area contributed by atoms with Crippen LogP contribution in [0.3, 0.4) is 0 Å². The zero-order valence-corrected chi connectivity index (χ0v) is 14.8. The zero-order valence-electron chi connectivity index (χ0n) is 14.8. The molecular weight excluding hydrogens is 350 g/mol. The Hall–Kier alpha value is -3.55.